The maximum Gasteiger partial charge on any atom is 0.407 e. The maximum atomic E-state index is 12.2. The monoisotopic (exact) mass is 473 g/mol. The first-order valence-corrected chi connectivity index (χ1v) is 12.2. The van der Waals surface area contributed by atoms with Crippen molar-refractivity contribution in [3.8, 4) is 0 Å². The van der Waals surface area contributed by atoms with Gasteiger partial charge in [0.05, 0.1) is 38.6 Å². The van der Waals surface area contributed by atoms with Gasteiger partial charge in [-0.3, -0.25) is 0 Å². The lowest BCUT2D eigenvalue weighted by atomic mass is 9.79. The third-order valence-corrected chi connectivity index (χ3v) is 6.63. The molecule has 2 fully saturated rings. The topological polar surface area (TPSA) is 66.0 Å². The maximum absolute atomic E-state index is 12.2. The van der Waals surface area contributed by atoms with Crippen LogP contribution in [0.25, 0.3) is 0 Å². The highest BCUT2D eigenvalue weighted by Crippen LogP contribution is 2.35. The number of rotatable bonds is 10. The van der Waals surface area contributed by atoms with E-state index in [9.17, 15) is 4.79 Å². The molecule has 6 heteroatoms. The Bertz CT molecular complexity index is 1060. The molecule has 0 spiro atoms. The van der Waals surface area contributed by atoms with Crippen LogP contribution in [-0.4, -0.2) is 37.1 Å². The minimum absolute atomic E-state index is 0.0112. The standard InChI is InChI=1S/C29H31NO5/c31-29-30-26-25(35-29)16-24(20-32-17-21-10-4-1-5-11-21)27(33-18-22-12-6-2-7-13-22)28(26)34-19-23-14-8-3-9-15-23/h1-15,24-28H,16-20H2,(H,30,31). The summed E-state index contributed by atoms with van der Waals surface area (Å²) in [5.41, 5.74) is 3.28. The predicted octanol–water partition coefficient (Wildman–Crippen LogP) is 4.87. The molecule has 0 aromatic heterocycles. The molecular formula is C29H31NO5. The molecule has 3 aromatic carbocycles. The number of benzene rings is 3. The van der Waals surface area contributed by atoms with Gasteiger partial charge in [-0.1, -0.05) is 91.0 Å². The summed E-state index contributed by atoms with van der Waals surface area (Å²) in [7, 11) is 0. The molecule has 5 atom stereocenters. The highest BCUT2D eigenvalue weighted by atomic mass is 16.6. The summed E-state index contributed by atoms with van der Waals surface area (Å²) in [4.78, 5) is 12.2. The number of ether oxygens (including phenoxy) is 4. The average Bonchev–Trinajstić information content (AvgIpc) is 3.28. The van der Waals surface area contributed by atoms with Gasteiger partial charge in [0.25, 0.3) is 0 Å². The molecule has 5 unspecified atom stereocenters. The Morgan fingerprint density at radius 1 is 0.714 bits per heavy atom. The van der Waals surface area contributed by atoms with Gasteiger partial charge in [-0.15, -0.1) is 0 Å². The smallest absolute Gasteiger partial charge is 0.407 e. The SMILES string of the molecule is O=C1NC2C(CC(COCc3ccccc3)C(OCc3ccccc3)C2OCc2ccccc2)O1. The summed E-state index contributed by atoms with van der Waals surface area (Å²) in [5, 5.41) is 2.97. The molecule has 35 heavy (non-hydrogen) atoms. The van der Waals surface area contributed by atoms with Gasteiger partial charge in [-0.2, -0.15) is 0 Å². The van der Waals surface area contributed by atoms with E-state index in [-0.39, 0.29) is 30.3 Å². The van der Waals surface area contributed by atoms with Gasteiger partial charge in [0, 0.05) is 5.92 Å². The number of carbonyl (C=O) groups excluding carboxylic acids is 1. The molecule has 6 nitrogen and oxygen atoms in total. The highest BCUT2D eigenvalue weighted by molar-refractivity contribution is 5.70. The van der Waals surface area contributed by atoms with Gasteiger partial charge in [0.1, 0.15) is 12.2 Å². The van der Waals surface area contributed by atoms with Crippen LogP contribution in [0.1, 0.15) is 23.1 Å². The summed E-state index contributed by atoms with van der Waals surface area (Å²) in [5.74, 6) is 0.0112. The first-order chi connectivity index (χ1) is 17.3. The quantitative estimate of drug-likeness (QED) is 0.455. The first kappa shape index (κ1) is 23.5. The van der Waals surface area contributed by atoms with Crippen molar-refractivity contribution in [2.75, 3.05) is 6.61 Å². The van der Waals surface area contributed by atoms with E-state index in [1.54, 1.807) is 0 Å². The van der Waals surface area contributed by atoms with Gasteiger partial charge in [0.2, 0.25) is 0 Å². The summed E-state index contributed by atoms with van der Waals surface area (Å²) >= 11 is 0. The third kappa shape index (κ3) is 6.09. The molecule has 1 N–H and O–H groups in total. The second kappa shape index (κ2) is 11.5. The van der Waals surface area contributed by atoms with E-state index in [1.165, 1.54) is 0 Å². The van der Waals surface area contributed by atoms with Gasteiger partial charge >= 0.3 is 6.09 Å². The molecular weight excluding hydrogens is 442 g/mol. The normalized spacial score (nSPS) is 25.5. The van der Waals surface area contributed by atoms with E-state index >= 15 is 0 Å². The number of amides is 1. The summed E-state index contributed by atoms with van der Waals surface area (Å²) in [6.45, 7) is 1.89. The molecule has 1 saturated carbocycles. The van der Waals surface area contributed by atoms with E-state index in [2.05, 4.69) is 17.4 Å². The molecule has 5 rings (SSSR count). The van der Waals surface area contributed by atoms with Gasteiger partial charge in [-0.25, -0.2) is 4.79 Å². The second-order valence-electron chi connectivity index (χ2n) is 9.13. The van der Waals surface area contributed by atoms with Gasteiger partial charge in [-0.05, 0) is 23.1 Å². The zero-order valence-corrected chi connectivity index (χ0v) is 19.6. The molecule has 1 saturated heterocycles. The third-order valence-electron chi connectivity index (χ3n) is 6.63. The fourth-order valence-corrected chi connectivity index (χ4v) is 4.90. The highest BCUT2D eigenvalue weighted by Gasteiger charge is 2.51. The van der Waals surface area contributed by atoms with Crippen LogP contribution in [0.5, 0.6) is 0 Å². The molecule has 1 aliphatic carbocycles. The van der Waals surface area contributed by atoms with Crippen molar-refractivity contribution in [1.82, 2.24) is 5.32 Å². The van der Waals surface area contributed by atoms with Crippen molar-refractivity contribution in [3.05, 3.63) is 108 Å². The molecule has 2 aliphatic rings. The van der Waals surface area contributed by atoms with Crippen LogP contribution in [-0.2, 0) is 38.8 Å². The summed E-state index contributed by atoms with van der Waals surface area (Å²) in [6.07, 6.45) is -0.651. The van der Waals surface area contributed by atoms with Gasteiger partial charge < -0.3 is 24.3 Å². The van der Waals surface area contributed by atoms with Crippen molar-refractivity contribution in [2.45, 2.75) is 50.6 Å². The van der Waals surface area contributed by atoms with Crippen molar-refractivity contribution >= 4 is 6.09 Å². The predicted molar refractivity (Wildman–Crippen MR) is 131 cm³/mol. The van der Waals surface area contributed by atoms with Crippen LogP contribution in [0, 0.1) is 5.92 Å². The molecule has 1 aliphatic heterocycles. The van der Waals surface area contributed by atoms with Crippen LogP contribution < -0.4 is 5.32 Å². The number of fused-ring (bicyclic) bond motifs is 1. The largest absolute Gasteiger partial charge is 0.444 e. The molecule has 0 radical (unpaired) electrons. The van der Waals surface area contributed by atoms with Crippen LogP contribution in [0.4, 0.5) is 4.79 Å². The Balaban J connectivity index is 1.33. The van der Waals surface area contributed by atoms with E-state index in [0.29, 0.717) is 32.8 Å². The Hall–Kier alpha value is -3.19. The number of hydrogen-bond donors (Lipinski definition) is 1. The van der Waals surface area contributed by atoms with Crippen molar-refractivity contribution in [3.63, 3.8) is 0 Å². The van der Waals surface area contributed by atoms with Crippen molar-refractivity contribution in [1.29, 1.82) is 0 Å². The lowest BCUT2D eigenvalue weighted by Gasteiger charge is -2.42. The van der Waals surface area contributed by atoms with Crippen LogP contribution in [0.15, 0.2) is 91.0 Å². The molecule has 3 aromatic rings. The van der Waals surface area contributed by atoms with E-state index in [1.807, 2.05) is 78.9 Å². The summed E-state index contributed by atoms with van der Waals surface area (Å²) in [6, 6.07) is 30.0. The second-order valence-corrected chi connectivity index (χ2v) is 9.13. The average molecular weight is 474 g/mol. The fraction of sp³-hybridized carbons (Fsp3) is 0.345. The van der Waals surface area contributed by atoms with E-state index in [0.717, 1.165) is 16.7 Å². The summed E-state index contributed by atoms with van der Waals surface area (Å²) < 4.78 is 24.7. The Kier molecular flexibility index (Phi) is 7.73. The lowest BCUT2D eigenvalue weighted by Crippen LogP contribution is -2.58. The number of alkyl carbamates (subject to hydrolysis) is 1. The minimum Gasteiger partial charge on any atom is -0.444 e. The zero-order valence-electron chi connectivity index (χ0n) is 19.6. The Labute approximate surface area is 206 Å². The minimum atomic E-state index is -0.402. The number of carbonyl (C=O) groups is 1. The molecule has 1 amide bonds. The molecule has 0 bridgehead atoms. The fourth-order valence-electron chi connectivity index (χ4n) is 4.90. The van der Waals surface area contributed by atoms with Crippen molar-refractivity contribution < 1.29 is 23.7 Å². The molecule has 1 heterocycles. The lowest BCUT2D eigenvalue weighted by molar-refractivity contribution is -0.163. The number of hydrogen-bond acceptors (Lipinski definition) is 5. The van der Waals surface area contributed by atoms with Crippen molar-refractivity contribution in [2.24, 2.45) is 5.92 Å². The molecule has 182 valence electrons. The van der Waals surface area contributed by atoms with Gasteiger partial charge in [0.15, 0.2) is 0 Å². The number of nitrogens with one attached hydrogen (secondary N) is 1. The zero-order chi connectivity index (χ0) is 23.9. The van der Waals surface area contributed by atoms with E-state index < -0.39 is 6.09 Å². The Morgan fingerprint density at radius 3 is 1.80 bits per heavy atom. The van der Waals surface area contributed by atoms with Crippen LogP contribution >= 0.6 is 0 Å². The van der Waals surface area contributed by atoms with Crippen LogP contribution in [0.2, 0.25) is 0 Å². The first-order valence-electron chi connectivity index (χ1n) is 12.2. The van der Waals surface area contributed by atoms with E-state index in [4.69, 9.17) is 18.9 Å². The Morgan fingerprint density at radius 2 is 1.23 bits per heavy atom. The van der Waals surface area contributed by atoms with Crippen LogP contribution in [0.3, 0.4) is 0 Å².